The van der Waals surface area contributed by atoms with Gasteiger partial charge >= 0.3 is 0 Å². The van der Waals surface area contributed by atoms with E-state index in [1.807, 2.05) is 6.07 Å². The molecule has 0 saturated heterocycles. The Morgan fingerprint density at radius 1 is 1.44 bits per heavy atom. The summed E-state index contributed by atoms with van der Waals surface area (Å²) in [5.41, 5.74) is 1.39. The summed E-state index contributed by atoms with van der Waals surface area (Å²) >= 11 is 0. The molecule has 1 aliphatic heterocycles. The van der Waals surface area contributed by atoms with E-state index < -0.39 is 0 Å². The van der Waals surface area contributed by atoms with Crippen molar-refractivity contribution in [3.8, 4) is 5.75 Å². The predicted molar refractivity (Wildman–Crippen MR) is 67.0 cm³/mol. The first-order valence-corrected chi connectivity index (χ1v) is 6.23. The van der Waals surface area contributed by atoms with Crippen molar-refractivity contribution in [1.82, 2.24) is 5.32 Å². The van der Waals surface area contributed by atoms with Crippen LogP contribution in [0.5, 0.6) is 5.75 Å². The lowest BCUT2D eigenvalue weighted by Gasteiger charge is -2.15. The van der Waals surface area contributed by atoms with Gasteiger partial charge < -0.3 is 10.1 Å². The molecule has 1 aromatic rings. The molecule has 0 bridgehead atoms. The van der Waals surface area contributed by atoms with Crippen LogP contribution in [0.3, 0.4) is 0 Å². The molecule has 1 heterocycles. The fourth-order valence-electron chi connectivity index (χ4n) is 2.38. The fourth-order valence-corrected chi connectivity index (χ4v) is 2.38. The molecule has 1 N–H and O–H groups in total. The van der Waals surface area contributed by atoms with Gasteiger partial charge in [0.05, 0.1) is 6.61 Å². The number of hydrogen-bond acceptors (Lipinski definition) is 2. The van der Waals surface area contributed by atoms with Crippen molar-refractivity contribution in [2.75, 3.05) is 19.7 Å². The molecule has 2 heteroatoms. The third-order valence-corrected chi connectivity index (χ3v) is 3.23. The highest BCUT2D eigenvalue weighted by molar-refractivity contribution is 5.39. The maximum Gasteiger partial charge on any atom is 0.122 e. The average molecular weight is 219 g/mol. The largest absolute Gasteiger partial charge is 0.493 e. The van der Waals surface area contributed by atoms with Crippen molar-refractivity contribution in [2.24, 2.45) is 5.92 Å². The van der Waals surface area contributed by atoms with Crippen molar-refractivity contribution in [3.63, 3.8) is 0 Å². The highest BCUT2D eigenvalue weighted by Gasteiger charge is 2.24. The summed E-state index contributed by atoms with van der Waals surface area (Å²) in [4.78, 5) is 0. The Morgan fingerprint density at radius 3 is 3.06 bits per heavy atom. The van der Waals surface area contributed by atoms with E-state index in [9.17, 15) is 0 Å². The second-order valence-corrected chi connectivity index (χ2v) is 4.69. The Labute approximate surface area is 98.0 Å². The molecule has 0 amide bonds. The van der Waals surface area contributed by atoms with Gasteiger partial charge in [0.1, 0.15) is 5.75 Å². The maximum atomic E-state index is 5.70. The van der Waals surface area contributed by atoms with E-state index in [0.717, 1.165) is 25.4 Å². The molecule has 1 aromatic carbocycles. The van der Waals surface area contributed by atoms with Crippen LogP contribution >= 0.6 is 0 Å². The van der Waals surface area contributed by atoms with Crippen molar-refractivity contribution in [3.05, 3.63) is 29.8 Å². The molecule has 2 rings (SSSR count). The van der Waals surface area contributed by atoms with Crippen LogP contribution in [0.15, 0.2) is 24.3 Å². The van der Waals surface area contributed by atoms with Gasteiger partial charge in [-0.15, -0.1) is 0 Å². The van der Waals surface area contributed by atoms with Crippen LogP contribution in [0.4, 0.5) is 0 Å². The SMILES string of the molecule is CCNCC(C)CC1COc2ccccc21. The third kappa shape index (κ3) is 2.56. The molecule has 2 atom stereocenters. The summed E-state index contributed by atoms with van der Waals surface area (Å²) in [5.74, 6) is 2.38. The normalized spacial score (nSPS) is 20.2. The first-order chi connectivity index (χ1) is 7.81. The summed E-state index contributed by atoms with van der Waals surface area (Å²) < 4.78 is 5.70. The average Bonchev–Trinajstić information content (AvgIpc) is 2.70. The molecule has 2 unspecified atom stereocenters. The zero-order valence-electron chi connectivity index (χ0n) is 10.2. The fraction of sp³-hybridized carbons (Fsp3) is 0.571. The highest BCUT2D eigenvalue weighted by Crippen LogP contribution is 2.36. The number of benzene rings is 1. The van der Waals surface area contributed by atoms with Crippen LogP contribution in [0, 0.1) is 5.92 Å². The predicted octanol–water partition coefficient (Wildman–Crippen LogP) is 2.80. The van der Waals surface area contributed by atoms with Gasteiger partial charge in [0.2, 0.25) is 0 Å². The molecular formula is C14H21NO. The number of para-hydroxylation sites is 1. The molecule has 16 heavy (non-hydrogen) atoms. The van der Waals surface area contributed by atoms with Gasteiger partial charge in [-0.1, -0.05) is 32.0 Å². The van der Waals surface area contributed by atoms with Gasteiger partial charge in [-0.25, -0.2) is 0 Å². The van der Waals surface area contributed by atoms with Crippen molar-refractivity contribution >= 4 is 0 Å². The molecule has 88 valence electrons. The van der Waals surface area contributed by atoms with Crippen molar-refractivity contribution in [2.45, 2.75) is 26.2 Å². The minimum absolute atomic E-state index is 0.588. The van der Waals surface area contributed by atoms with E-state index in [2.05, 4.69) is 37.4 Å². The molecule has 0 spiro atoms. The Hall–Kier alpha value is -1.02. The molecule has 0 radical (unpaired) electrons. The lowest BCUT2D eigenvalue weighted by molar-refractivity contribution is 0.308. The number of hydrogen-bond donors (Lipinski definition) is 1. The van der Waals surface area contributed by atoms with Crippen LogP contribution in [-0.4, -0.2) is 19.7 Å². The van der Waals surface area contributed by atoms with E-state index in [1.54, 1.807) is 0 Å². The van der Waals surface area contributed by atoms with Gasteiger partial charge in [0.25, 0.3) is 0 Å². The minimum Gasteiger partial charge on any atom is -0.493 e. The Balaban J connectivity index is 1.92. The second kappa shape index (κ2) is 5.35. The zero-order valence-corrected chi connectivity index (χ0v) is 10.2. The van der Waals surface area contributed by atoms with E-state index in [4.69, 9.17) is 4.74 Å². The molecule has 2 nitrogen and oxygen atoms in total. The Bertz CT molecular complexity index is 337. The molecule has 0 fully saturated rings. The summed E-state index contributed by atoms with van der Waals surface area (Å²) in [7, 11) is 0. The summed E-state index contributed by atoms with van der Waals surface area (Å²) in [6.07, 6.45) is 1.21. The van der Waals surface area contributed by atoms with E-state index in [0.29, 0.717) is 11.8 Å². The summed E-state index contributed by atoms with van der Waals surface area (Å²) in [6.45, 7) is 7.48. The Morgan fingerprint density at radius 2 is 2.25 bits per heavy atom. The monoisotopic (exact) mass is 219 g/mol. The van der Waals surface area contributed by atoms with Crippen LogP contribution in [0.1, 0.15) is 31.7 Å². The van der Waals surface area contributed by atoms with Gasteiger partial charge in [-0.2, -0.15) is 0 Å². The first kappa shape index (κ1) is 11.5. The van der Waals surface area contributed by atoms with Crippen LogP contribution in [-0.2, 0) is 0 Å². The third-order valence-electron chi connectivity index (χ3n) is 3.23. The van der Waals surface area contributed by atoms with Crippen LogP contribution < -0.4 is 10.1 Å². The molecular weight excluding hydrogens is 198 g/mol. The van der Waals surface area contributed by atoms with Crippen molar-refractivity contribution < 1.29 is 4.74 Å². The zero-order chi connectivity index (χ0) is 11.4. The number of fused-ring (bicyclic) bond motifs is 1. The summed E-state index contributed by atoms with van der Waals surface area (Å²) in [6, 6.07) is 8.43. The Kier molecular flexibility index (Phi) is 3.83. The number of ether oxygens (including phenoxy) is 1. The standard InChI is InChI=1S/C14H21NO/c1-3-15-9-11(2)8-12-10-16-14-7-5-4-6-13(12)14/h4-7,11-12,15H,3,8-10H2,1-2H3. The van der Waals surface area contributed by atoms with Gasteiger partial charge in [-0.05, 0) is 31.5 Å². The first-order valence-electron chi connectivity index (χ1n) is 6.23. The molecule has 0 saturated carbocycles. The lowest BCUT2D eigenvalue weighted by Crippen LogP contribution is -2.22. The smallest absolute Gasteiger partial charge is 0.122 e. The van der Waals surface area contributed by atoms with Gasteiger partial charge in [-0.3, -0.25) is 0 Å². The molecule has 0 aliphatic carbocycles. The quantitative estimate of drug-likeness (QED) is 0.822. The topological polar surface area (TPSA) is 21.3 Å². The van der Waals surface area contributed by atoms with E-state index >= 15 is 0 Å². The maximum absolute atomic E-state index is 5.70. The summed E-state index contributed by atoms with van der Waals surface area (Å²) in [5, 5.41) is 3.41. The second-order valence-electron chi connectivity index (χ2n) is 4.69. The van der Waals surface area contributed by atoms with Gasteiger partial charge in [0, 0.05) is 11.5 Å². The lowest BCUT2D eigenvalue weighted by atomic mass is 9.91. The minimum atomic E-state index is 0.588. The molecule has 0 aromatic heterocycles. The van der Waals surface area contributed by atoms with Gasteiger partial charge in [0.15, 0.2) is 0 Å². The van der Waals surface area contributed by atoms with Crippen LogP contribution in [0.25, 0.3) is 0 Å². The number of rotatable bonds is 5. The van der Waals surface area contributed by atoms with Crippen molar-refractivity contribution in [1.29, 1.82) is 0 Å². The van der Waals surface area contributed by atoms with E-state index in [1.165, 1.54) is 12.0 Å². The molecule has 1 aliphatic rings. The van der Waals surface area contributed by atoms with Crippen LogP contribution in [0.2, 0.25) is 0 Å². The number of nitrogens with one attached hydrogen (secondary N) is 1. The highest BCUT2D eigenvalue weighted by atomic mass is 16.5. The van der Waals surface area contributed by atoms with E-state index in [-0.39, 0.29) is 0 Å².